The number of ether oxygens (including phenoxy) is 3. The monoisotopic (exact) mass is 494 g/mol. The van der Waals surface area contributed by atoms with Gasteiger partial charge in [0.2, 0.25) is 0 Å². The zero-order valence-corrected chi connectivity index (χ0v) is 20.9. The van der Waals surface area contributed by atoms with Crippen molar-refractivity contribution in [1.82, 2.24) is 9.80 Å². The van der Waals surface area contributed by atoms with Crippen LogP contribution in [0.4, 0.5) is 0 Å². The molecule has 0 spiro atoms. The van der Waals surface area contributed by atoms with Crippen molar-refractivity contribution in [3.05, 3.63) is 65.2 Å². The Bertz CT molecular complexity index is 1090. The van der Waals surface area contributed by atoms with E-state index in [0.29, 0.717) is 56.6 Å². The van der Waals surface area contributed by atoms with Crippen molar-refractivity contribution in [2.75, 3.05) is 52.6 Å². The molecular weight excluding hydrogens is 460 g/mol. The molecule has 0 radical (unpaired) electrons. The van der Waals surface area contributed by atoms with Crippen LogP contribution in [0.3, 0.4) is 0 Å². The number of likely N-dealkylation sites (tertiary alicyclic amines) is 1. The largest absolute Gasteiger partial charge is 0.507 e. The second-order valence-corrected chi connectivity index (χ2v) is 8.82. The van der Waals surface area contributed by atoms with Gasteiger partial charge in [0.1, 0.15) is 17.3 Å². The van der Waals surface area contributed by atoms with Crippen LogP contribution in [-0.4, -0.2) is 79.2 Å². The molecular formula is C28H34N2O6. The van der Waals surface area contributed by atoms with Crippen LogP contribution in [-0.2, 0) is 14.3 Å². The van der Waals surface area contributed by atoms with E-state index in [2.05, 4.69) is 4.90 Å². The van der Waals surface area contributed by atoms with Gasteiger partial charge in [-0.05, 0) is 43.2 Å². The van der Waals surface area contributed by atoms with Gasteiger partial charge >= 0.3 is 0 Å². The van der Waals surface area contributed by atoms with Gasteiger partial charge in [0.15, 0.2) is 0 Å². The van der Waals surface area contributed by atoms with Gasteiger partial charge in [0.05, 0.1) is 38.0 Å². The molecule has 1 amide bonds. The molecule has 1 unspecified atom stereocenters. The molecule has 0 bridgehead atoms. The van der Waals surface area contributed by atoms with Gasteiger partial charge < -0.3 is 24.2 Å². The highest BCUT2D eigenvalue weighted by atomic mass is 16.5. The number of ketones is 1. The van der Waals surface area contributed by atoms with Crippen LogP contribution in [0, 0.1) is 0 Å². The summed E-state index contributed by atoms with van der Waals surface area (Å²) in [5, 5.41) is 11.3. The first-order valence-corrected chi connectivity index (χ1v) is 12.6. The van der Waals surface area contributed by atoms with E-state index in [1.807, 2.05) is 38.1 Å². The number of Topliss-reactive ketones (excluding diaryl/α,β-unsaturated/α-hetero) is 1. The molecule has 2 aromatic rings. The molecule has 2 heterocycles. The van der Waals surface area contributed by atoms with Gasteiger partial charge in [-0.15, -0.1) is 0 Å². The van der Waals surface area contributed by atoms with Gasteiger partial charge in [0, 0.05) is 31.7 Å². The fourth-order valence-corrected chi connectivity index (χ4v) is 4.55. The Morgan fingerprint density at radius 3 is 2.44 bits per heavy atom. The molecule has 2 aliphatic rings. The quantitative estimate of drug-likeness (QED) is 0.307. The Hall–Kier alpha value is -3.36. The van der Waals surface area contributed by atoms with E-state index < -0.39 is 17.7 Å². The first-order valence-electron chi connectivity index (χ1n) is 12.6. The molecule has 8 nitrogen and oxygen atoms in total. The molecule has 36 heavy (non-hydrogen) atoms. The molecule has 2 saturated heterocycles. The summed E-state index contributed by atoms with van der Waals surface area (Å²) in [5.41, 5.74) is 1.25. The molecule has 4 rings (SSSR count). The van der Waals surface area contributed by atoms with Crippen LogP contribution in [0.1, 0.15) is 37.4 Å². The van der Waals surface area contributed by atoms with Crippen molar-refractivity contribution in [3.8, 4) is 11.5 Å². The standard InChI is InChI=1S/C28H34N2O6/c1-3-16-36-23-7-5-6-21(19-23)26(31)24-25(20-8-10-22(11-9-20)35-4-2)30(28(33)27(24)32)13-12-29-14-17-34-18-15-29/h5-11,19,25,31H,3-4,12-18H2,1-2H3. The maximum absolute atomic E-state index is 13.3. The average Bonchev–Trinajstić information content (AvgIpc) is 3.16. The Balaban J connectivity index is 1.71. The SMILES string of the molecule is CCCOc1cccc(C(O)=C2C(=O)C(=O)N(CCN3CCOCC3)C2c2ccc(OCC)cc2)c1. The number of amides is 1. The van der Waals surface area contributed by atoms with E-state index in [1.54, 1.807) is 29.2 Å². The normalized spacial score (nSPS) is 20.1. The number of nitrogens with zero attached hydrogens (tertiary/aromatic N) is 2. The number of hydrogen-bond acceptors (Lipinski definition) is 7. The molecule has 1 N–H and O–H groups in total. The summed E-state index contributed by atoms with van der Waals surface area (Å²) in [6.07, 6.45) is 0.849. The van der Waals surface area contributed by atoms with Crippen LogP contribution in [0.2, 0.25) is 0 Å². The van der Waals surface area contributed by atoms with Crippen molar-refractivity contribution in [2.45, 2.75) is 26.3 Å². The summed E-state index contributed by atoms with van der Waals surface area (Å²) in [6.45, 7) is 8.84. The van der Waals surface area contributed by atoms with Gasteiger partial charge in [0.25, 0.3) is 11.7 Å². The van der Waals surface area contributed by atoms with Crippen LogP contribution < -0.4 is 9.47 Å². The lowest BCUT2D eigenvalue weighted by Crippen LogP contribution is -2.42. The summed E-state index contributed by atoms with van der Waals surface area (Å²) in [7, 11) is 0. The van der Waals surface area contributed by atoms with Crippen molar-refractivity contribution in [3.63, 3.8) is 0 Å². The maximum atomic E-state index is 13.3. The Morgan fingerprint density at radius 2 is 1.75 bits per heavy atom. The van der Waals surface area contributed by atoms with E-state index in [1.165, 1.54) is 0 Å². The highest BCUT2D eigenvalue weighted by Gasteiger charge is 2.46. The molecule has 2 fully saturated rings. The summed E-state index contributed by atoms with van der Waals surface area (Å²) in [5.74, 6) is -0.203. The third kappa shape index (κ3) is 5.71. The predicted molar refractivity (Wildman–Crippen MR) is 136 cm³/mol. The second kappa shape index (κ2) is 12.1. The van der Waals surface area contributed by atoms with E-state index in [-0.39, 0.29) is 11.3 Å². The summed E-state index contributed by atoms with van der Waals surface area (Å²) in [6, 6.07) is 13.6. The van der Waals surface area contributed by atoms with Crippen LogP contribution in [0.5, 0.6) is 11.5 Å². The molecule has 8 heteroatoms. The van der Waals surface area contributed by atoms with E-state index in [9.17, 15) is 14.7 Å². The number of aliphatic hydroxyl groups excluding tert-OH is 1. The lowest BCUT2D eigenvalue weighted by molar-refractivity contribution is -0.140. The van der Waals surface area contributed by atoms with Crippen molar-refractivity contribution >= 4 is 17.4 Å². The molecule has 0 aromatic heterocycles. The Morgan fingerprint density at radius 1 is 1.00 bits per heavy atom. The van der Waals surface area contributed by atoms with Gasteiger partial charge in [-0.2, -0.15) is 0 Å². The van der Waals surface area contributed by atoms with E-state index >= 15 is 0 Å². The number of morpholine rings is 1. The lowest BCUT2D eigenvalue weighted by Gasteiger charge is -2.31. The lowest BCUT2D eigenvalue weighted by atomic mass is 9.95. The molecule has 2 aromatic carbocycles. The van der Waals surface area contributed by atoms with Crippen molar-refractivity contribution in [1.29, 1.82) is 0 Å². The average molecular weight is 495 g/mol. The molecule has 0 saturated carbocycles. The number of hydrogen-bond donors (Lipinski definition) is 1. The Labute approximate surface area is 212 Å². The molecule has 1 atom stereocenters. The summed E-state index contributed by atoms with van der Waals surface area (Å²) >= 11 is 0. The minimum atomic E-state index is -0.707. The second-order valence-electron chi connectivity index (χ2n) is 8.82. The van der Waals surface area contributed by atoms with Gasteiger partial charge in [-0.3, -0.25) is 14.5 Å². The first kappa shape index (κ1) is 25.7. The third-order valence-electron chi connectivity index (χ3n) is 6.39. The zero-order valence-electron chi connectivity index (χ0n) is 20.9. The van der Waals surface area contributed by atoms with Gasteiger partial charge in [-0.25, -0.2) is 0 Å². The minimum Gasteiger partial charge on any atom is -0.507 e. The van der Waals surface area contributed by atoms with Crippen LogP contribution in [0.15, 0.2) is 54.1 Å². The molecule has 192 valence electrons. The maximum Gasteiger partial charge on any atom is 0.295 e. The number of carbonyl (C=O) groups excluding carboxylic acids is 2. The predicted octanol–water partition coefficient (Wildman–Crippen LogP) is 3.63. The first-order chi connectivity index (χ1) is 17.5. The number of carbonyl (C=O) groups is 2. The van der Waals surface area contributed by atoms with Crippen molar-refractivity contribution < 1.29 is 28.9 Å². The zero-order chi connectivity index (χ0) is 25.5. The van der Waals surface area contributed by atoms with E-state index in [0.717, 1.165) is 25.1 Å². The topological polar surface area (TPSA) is 88.5 Å². The van der Waals surface area contributed by atoms with Gasteiger partial charge in [-0.1, -0.05) is 31.2 Å². The van der Waals surface area contributed by atoms with Crippen molar-refractivity contribution in [2.24, 2.45) is 0 Å². The highest BCUT2D eigenvalue weighted by molar-refractivity contribution is 6.46. The Kier molecular flexibility index (Phi) is 8.61. The summed E-state index contributed by atoms with van der Waals surface area (Å²) < 4.78 is 16.7. The highest BCUT2D eigenvalue weighted by Crippen LogP contribution is 2.40. The number of aliphatic hydroxyl groups is 1. The summed E-state index contributed by atoms with van der Waals surface area (Å²) in [4.78, 5) is 30.3. The number of rotatable bonds is 10. The molecule has 2 aliphatic heterocycles. The number of benzene rings is 2. The fraction of sp³-hybridized carbons (Fsp3) is 0.429. The fourth-order valence-electron chi connectivity index (χ4n) is 4.55. The minimum absolute atomic E-state index is 0.0822. The van der Waals surface area contributed by atoms with E-state index in [4.69, 9.17) is 14.2 Å². The van der Waals surface area contributed by atoms with Crippen LogP contribution in [0.25, 0.3) is 5.76 Å². The smallest absolute Gasteiger partial charge is 0.295 e. The third-order valence-corrected chi connectivity index (χ3v) is 6.39. The molecule has 0 aliphatic carbocycles. The van der Waals surface area contributed by atoms with Crippen LogP contribution >= 0.6 is 0 Å².